The van der Waals surface area contributed by atoms with E-state index in [1.54, 1.807) is 18.2 Å². The highest BCUT2D eigenvalue weighted by molar-refractivity contribution is 6.10. The number of anilines is 2. The number of rotatable bonds is 3. The first-order valence-corrected chi connectivity index (χ1v) is 8.42. The van der Waals surface area contributed by atoms with Gasteiger partial charge in [0.2, 0.25) is 0 Å². The van der Waals surface area contributed by atoms with Gasteiger partial charge in [-0.25, -0.2) is 4.98 Å². The van der Waals surface area contributed by atoms with Crippen molar-refractivity contribution >= 4 is 44.3 Å². The van der Waals surface area contributed by atoms with Crippen LogP contribution in [0.1, 0.15) is 13.8 Å². The van der Waals surface area contributed by atoms with Crippen LogP contribution in [0.2, 0.25) is 0 Å². The third-order valence-electron chi connectivity index (χ3n) is 4.60. The first-order chi connectivity index (χ1) is 12.1. The lowest BCUT2D eigenvalue weighted by molar-refractivity contribution is 0.657. The van der Waals surface area contributed by atoms with E-state index >= 15 is 0 Å². The monoisotopic (exact) mass is 333 g/mol. The highest BCUT2D eigenvalue weighted by atomic mass is 16.3. The minimum atomic E-state index is -0.0711. The molecule has 0 radical (unpaired) electrons. The summed E-state index contributed by atoms with van der Waals surface area (Å²) < 4.78 is 6.08. The van der Waals surface area contributed by atoms with E-state index in [0.717, 1.165) is 35.1 Å². The van der Waals surface area contributed by atoms with Gasteiger partial charge in [0.1, 0.15) is 11.0 Å². The molecule has 0 atom stereocenters. The Morgan fingerprint density at radius 3 is 2.56 bits per heavy atom. The third kappa shape index (κ3) is 2.48. The van der Waals surface area contributed by atoms with Gasteiger partial charge < -0.3 is 15.1 Å². The molecule has 0 aliphatic heterocycles. The molecule has 1 aromatic heterocycles. The molecule has 1 heterocycles. The predicted molar refractivity (Wildman–Crippen MR) is 103 cm³/mol. The van der Waals surface area contributed by atoms with Crippen molar-refractivity contribution in [3.8, 4) is 0 Å². The minimum Gasteiger partial charge on any atom is -0.453 e. The van der Waals surface area contributed by atoms with E-state index in [1.807, 2.05) is 18.2 Å². The van der Waals surface area contributed by atoms with E-state index < -0.39 is 0 Å². The SMILES string of the molecule is CCN(CC)c1ccc2nc3c(cc(N)c4ccc(=O)cc43)oc2c1. The fraction of sp³-hybridized carbons (Fsp3) is 0.200. The Labute approximate surface area is 144 Å². The van der Waals surface area contributed by atoms with Crippen LogP contribution in [0.5, 0.6) is 0 Å². The number of fused-ring (bicyclic) bond motifs is 4. The number of hydrogen-bond acceptors (Lipinski definition) is 5. The van der Waals surface area contributed by atoms with Crippen LogP contribution in [-0.2, 0) is 0 Å². The predicted octanol–water partition coefficient (Wildman–Crippen LogP) is 3.92. The quantitative estimate of drug-likeness (QED) is 0.349. The maximum atomic E-state index is 11.8. The van der Waals surface area contributed by atoms with Gasteiger partial charge >= 0.3 is 0 Å². The second-order valence-electron chi connectivity index (χ2n) is 6.06. The lowest BCUT2D eigenvalue weighted by Crippen LogP contribution is -2.21. The number of hydrogen-bond donors (Lipinski definition) is 1. The molecular formula is C20H19N3O2. The highest BCUT2D eigenvalue weighted by Crippen LogP contribution is 2.31. The Bertz CT molecular complexity index is 1160. The zero-order valence-corrected chi connectivity index (χ0v) is 14.2. The fourth-order valence-corrected chi connectivity index (χ4v) is 3.29. The highest BCUT2D eigenvalue weighted by Gasteiger charge is 2.11. The van der Waals surface area contributed by atoms with Crippen LogP contribution in [0.15, 0.2) is 51.7 Å². The van der Waals surface area contributed by atoms with Crippen molar-refractivity contribution in [3.63, 3.8) is 0 Å². The van der Waals surface area contributed by atoms with Crippen molar-refractivity contribution in [3.05, 3.63) is 52.7 Å². The number of aromatic nitrogens is 1. The Kier molecular flexibility index (Phi) is 3.57. The summed E-state index contributed by atoms with van der Waals surface area (Å²) in [4.78, 5) is 18.8. The number of nitrogens with two attached hydrogens (primary N) is 1. The van der Waals surface area contributed by atoms with Crippen LogP contribution < -0.4 is 16.1 Å². The van der Waals surface area contributed by atoms with Gasteiger partial charge in [0.25, 0.3) is 0 Å². The van der Waals surface area contributed by atoms with E-state index in [0.29, 0.717) is 22.4 Å². The normalized spacial score (nSPS) is 11.4. The topological polar surface area (TPSA) is 72.4 Å². The zero-order valence-electron chi connectivity index (χ0n) is 14.2. The number of nitrogen functional groups attached to an aromatic ring is 1. The molecule has 0 bridgehead atoms. The van der Waals surface area contributed by atoms with Crippen molar-refractivity contribution in [2.75, 3.05) is 23.7 Å². The van der Waals surface area contributed by atoms with E-state index in [1.165, 1.54) is 6.07 Å². The minimum absolute atomic E-state index is 0.0711. The molecule has 0 amide bonds. The molecule has 5 heteroatoms. The van der Waals surface area contributed by atoms with Crippen molar-refractivity contribution < 1.29 is 4.42 Å². The number of nitrogens with zero attached hydrogens (tertiary/aromatic N) is 2. The molecule has 0 aliphatic carbocycles. The third-order valence-corrected chi connectivity index (χ3v) is 4.60. The molecule has 0 spiro atoms. The van der Waals surface area contributed by atoms with E-state index in [4.69, 9.17) is 15.1 Å². The first kappa shape index (κ1) is 15.4. The average molecular weight is 333 g/mol. The molecule has 0 saturated carbocycles. The maximum absolute atomic E-state index is 11.8. The molecular weight excluding hydrogens is 314 g/mol. The van der Waals surface area contributed by atoms with Crippen LogP contribution in [-0.4, -0.2) is 18.1 Å². The molecule has 4 rings (SSSR count). The largest absolute Gasteiger partial charge is 0.453 e. The smallest absolute Gasteiger partial charge is 0.179 e. The van der Waals surface area contributed by atoms with Crippen LogP contribution in [0.3, 0.4) is 0 Å². The Balaban J connectivity index is 2.04. The summed E-state index contributed by atoms with van der Waals surface area (Å²) in [6, 6.07) is 12.6. The van der Waals surface area contributed by atoms with Gasteiger partial charge in [-0.2, -0.15) is 0 Å². The van der Waals surface area contributed by atoms with Gasteiger partial charge in [-0.15, -0.1) is 0 Å². The van der Waals surface area contributed by atoms with Gasteiger partial charge in [-0.1, -0.05) is 0 Å². The molecule has 5 nitrogen and oxygen atoms in total. The van der Waals surface area contributed by atoms with Gasteiger partial charge in [0, 0.05) is 47.4 Å². The summed E-state index contributed by atoms with van der Waals surface area (Å²) >= 11 is 0. The molecule has 126 valence electrons. The Hall–Kier alpha value is -3.08. The van der Waals surface area contributed by atoms with Gasteiger partial charge in [0.15, 0.2) is 16.6 Å². The van der Waals surface area contributed by atoms with Crippen LogP contribution >= 0.6 is 0 Å². The summed E-state index contributed by atoms with van der Waals surface area (Å²) in [5, 5.41) is 1.54. The fourth-order valence-electron chi connectivity index (χ4n) is 3.29. The summed E-state index contributed by atoms with van der Waals surface area (Å²) in [5.74, 6) is 0. The second kappa shape index (κ2) is 5.77. The Morgan fingerprint density at radius 1 is 1.00 bits per heavy atom. The van der Waals surface area contributed by atoms with Crippen molar-refractivity contribution in [1.29, 1.82) is 0 Å². The average Bonchev–Trinajstić information content (AvgIpc) is 2.61. The van der Waals surface area contributed by atoms with Gasteiger partial charge in [-0.05, 0) is 44.2 Å². The molecule has 2 N–H and O–H groups in total. The van der Waals surface area contributed by atoms with Crippen LogP contribution in [0.25, 0.3) is 33.0 Å². The van der Waals surface area contributed by atoms with Crippen molar-refractivity contribution in [1.82, 2.24) is 4.98 Å². The summed E-state index contributed by atoms with van der Waals surface area (Å²) in [6.45, 7) is 6.09. The zero-order chi connectivity index (χ0) is 17.6. The molecule has 0 unspecified atom stereocenters. The standard InChI is InChI=1S/C20H19N3O2/c1-3-23(4-2)12-5-8-17-18(9-12)25-19-11-16(21)14-7-6-13(24)10-15(14)20(19)22-17/h5-11H,3-4,21H2,1-2H3. The summed E-state index contributed by atoms with van der Waals surface area (Å²) in [5.41, 5.74) is 10.4. The summed E-state index contributed by atoms with van der Waals surface area (Å²) in [7, 11) is 0. The molecule has 0 fully saturated rings. The van der Waals surface area contributed by atoms with E-state index in [9.17, 15) is 4.79 Å². The van der Waals surface area contributed by atoms with Gasteiger partial charge in [-0.3, -0.25) is 4.79 Å². The van der Waals surface area contributed by atoms with Gasteiger partial charge in [0.05, 0.1) is 0 Å². The second-order valence-corrected chi connectivity index (χ2v) is 6.06. The lowest BCUT2D eigenvalue weighted by Gasteiger charge is -2.21. The molecule has 3 aromatic carbocycles. The molecule has 0 saturated heterocycles. The summed E-state index contributed by atoms with van der Waals surface area (Å²) in [6.07, 6.45) is 0. The van der Waals surface area contributed by atoms with Crippen molar-refractivity contribution in [2.45, 2.75) is 13.8 Å². The van der Waals surface area contributed by atoms with Crippen LogP contribution in [0, 0.1) is 0 Å². The molecule has 0 aliphatic rings. The maximum Gasteiger partial charge on any atom is 0.179 e. The van der Waals surface area contributed by atoms with Crippen LogP contribution in [0.4, 0.5) is 11.4 Å². The lowest BCUT2D eigenvalue weighted by atomic mass is 10.1. The van der Waals surface area contributed by atoms with Crippen molar-refractivity contribution in [2.24, 2.45) is 0 Å². The van der Waals surface area contributed by atoms with E-state index in [-0.39, 0.29) is 5.43 Å². The number of benzene rings is 3. The molecule has 25 heavy (non-hydrogen) atoms. The van der Waals surface area contributed by atoms with E-state index in [2.05, 4.69) is 18.7 Å². The first-order valence-electron chi connectivity index (χ1n) is 8.42. The molecule has 4 aromatic rings. The Morgan fingerprint density at radius 2 is 1.80 bits per heavy atom.